The molecule has 11 heteroatoms. The molecule has 280 valence electrons. The van der Waals surface area contributed by atoms with E-state index in [2.05, 4.69) is 19.2 Å². The largest absolute Gasteiger partial charge is 0.394 e. The molecule has 2 aromatic heterocycles. The van der Waals surface area contributed by atoms with Crippen molar-refractivity contribution >= 4 is 23.4 Å². The molecule has 5 aromatic rings. The van der Waals surface area contributed by atoms with Crippen molar-refractivity contribution in [1.82, 2.24) is 24.1 Å². The maximum atomic E-state index is 14.7. The van der Waals surface area contributed by atoms with Crippen LogP contribution in [0.25, 0.3) is 5.69 Å². The number of anilines is 1. The lowest BCUT2D eigenvalue weighted by Crippen LogP contribution is -2.46. The Labute approximate surface area is 315 Å². The van der Waals surface area contributed by atoms with Gasteiger partial charge in [-0.3, -0.25) is 19.2 Å². The van der Waals surface area contributed by atoms with Gasteiger partial charge in [0.1, 0.15) is 5.56 Å². The average Bonchev–Trinajstić information content (AvgIpc) is 3.59. The fourth-order valence-electron chi connectivity index (χ4n) is 6.92. The van der Waals surface area contributed by atoms with E-state index in [1.54, 1.807) is 46.1 Å². The standard InChI is InChI=1S/C43H48N6O5/c1-4-6-21-46(22-7-5-2)43(54)38-24-30(3)49(45-38)39-20-19-34(26-37(39)42(53)48-28-33-17-12-11-16-32(33)25-35(48)29-50)44-40(51)36-18-13-23-47(41(36)52)27-31-14-9-8-10-15-31/h8-20,23-24,26,35,50H,4-7,21-22,25,27-29H2,1-3H3,(H,44,51)/t35-/m0/s1. The van der Waals surface area contributed by atoms with Crippen LogP contribution in [-0.2, 0) is 19.5 Å². The summed E-state index contributed by atoms with van der Waals surface area (Å²) in [6.45, 7) is 7.65. The number of aryl methyl sites for hydroxylation is 1. The highest BCUT2D eigenvalue weighted by atomic mass is 16.3. The molecule has 3 aromatic carbocycles. The molecule has 0 fully saturated rings. The number of unbranched alkanes of at least 4 members (excludes halogenated alkanes) is 2. The summed E-state index contributed by atoms with van der Waals surface area (Å²) in [4.78, 5) is 59.0. The van der Waals surface area contributed by atoms with Gasteiger partial charge >= 0.3 is 0 Å². The fourth-order valence-corrected chi connectivity index (χ4v) is 6.92. The van der Waals surface area contributed by atoms with E-state index in [1.165, 1.54) is 10.6 Å². The van der Waals surface area contributed by atoms with Crippen molar-refractivity contribution in [2.75, 3.05) is 25.0 Å². The number of carbonyl (C=O) groups excluding carboxylic acids is 3. The van der Waals surface area contributed by atoms with Crippen LogP contribution >= 0.6 is 0 Å². The van der Waals surface area contributed by atoms with Gasteiger partial charge in [-0.2, -0.15) is 5.10 Å². The minimum Gasteiger partial charge on any atom is -0.394 e. The van der Waals surface area contributed by atoms with Crippen LogP contribution in [0.3, 0.4) is 0 Å². The van der Waals surface area contributed by atoms with Crippen LogP contribution in [-0.4, -0.2) is 72.7 Å². The number of benzene rings is 3. The molecule has 0 aliphatic carbocycles. The molecule has 0 unspecified atom stereocenters. The first kappa shape index (κ1) is 37.9. The molecule has 6 rings (SSSR count). The molecule has 11 nitrogen and oxygen atoms in total. The normalized spacial score (nSPS) is 13.7. The lowest BCUT2D eigenvalue weighted by Gasteiger charge is -2.36. The quantitative estimate of drug-likeness (QED) is 0.139. The second kappa shape index (κ2) is 17.3. The third-order valence-electron chi connectivity index (χ3n) is 9.96. The molecular weight excluding hydrogens is 681 g/mol. The third kappa shape index (κ3) is 8.36. The maximum absolute atomic E-state index is 14.7. The van der Waals surface area contributed by atoms with Gasteiger partial charge in [0.15, 0.2) is 5.69 Å². The molecule has 0 radical (unpaired) electrons. The molecule has 0 spiro atoms. The zero-order valence-corrected chi connectivity index (χ0v) is 31.2. The smallest absolute Gasteiger partial charge is 0.274 e. The molecule has 0 bridgehead atoms. The maximum Gasteiger partial charge on any atom is 0.274 e. The highest BCUT2D eigenvalue weighted by molar-refractivity contribution is 6.05. The van der Waals surface area contributed by atoms with Gasteiger partial charge in [0.05, 0.1) is 30.4 Å². The van der Waals surface area contributed by atoms with E-state index in [-0.39, 0.29) is 41.8 Å². The molecule has 1 aliphatic heterocycles. The van der Waals surface area contributed by atoms with E-state index in [0.29, 0.717) is 43.1 Å². The molecule has 0 saturated heterocycles. The first-order valence-electron chi connectivity index (χ1n) is 18.8. The van der Waals surface area contributed by atoms with Gasteiger partial charge in [-0.15, -0.1) is 0 Å². The number of pyridine rings is 1. The Bertz CT molecular complexity index is 2170. The van der Waals surface area contributed by atoms with Gasteiger partial charge in [0, 0.05) is 37.2 Å². The molecule has 0 saturated carbocycles. The Hall–Kier alpha value is -5.81. The molecular formula is C43H48N6O5. The van der Waals surface area contributed by atoms with Crippen molar-refractivity contribution in [2.24, 2.45) is 0 Å². The first-order valence-corrected chi connectivity index (χ1v) is 18.8. The van der Waals surface area contributed by atoms with E-state index < -0.39 is 17.5 Å². The summed E-state index contributed by atoms with van der Waals surface area (Å²) in [6, 6.07) is 26.7. The van der Waals surface area contributed by atoms with Gasteiger partial charge in [0.25, 0.3) is 23.3 Å². The predicted molar refractivity (Wildman–Crippen MR) is 209 cm³/mol. The topological polar surface area (TPSA) is 130 Å². The number of nitrogens with zero attached hydrogens (tertiary/aromatic N) is 5. The Morgan fingerprint density at radius 3 is 2.28 bits per heavy atom. The summed E-state index contributed by atoms with van der Waals surface area (Å²) >= 11 is 0. The van der Waals surface area contributed by atoms with Gasteiger partial charge in [-0.25, -0.2) is 4.68 Å². The summed E-state index contributed by atoms with van der Waals surface area (Å²) in [5.74, 6) is -1.14. The van der Waals surface area contributed by atoms with E-state index in [9.17, 15) is 24.3 Å². The van der Waals surface area contributed by atoms with Gasteiger partial charge < -0.3 is 24.8 Å². The zero-order valence-electron chi connectivity index (χ0n) is 31.2. The van der Waals surface area contributed by atoms with Gasteiger partial charge in [-0.1, -0.05) is 81.3 Å². The Morgan fingerprint density at radius 1 is 0.870 bits per heavy atom. The van der Waals surface area contributed by atoms with Gasteiger partial charge in [-0.05, 0) is 79.3 Å². The molecule has 3 heterocycles. The van der Waals surface area contributed by atoms with Crippen LogP contribution in [0.5, 0.6) is 0 Å². The number of hydrogen-bond acceptors (Lipinski definition) is 6. The molecule has 3 amide bonds. The van der Waals surface area contributed by atoms with E-state index in [4.69, 9.17) is 5.10 Å². The number of amides is 3. The van der Waals surface area contributed by atoms with E-state index in [0.717, 1.165) is 42.4 Å². The van der Waals surface area contributed by atoms with Crippen LogP contribution < -0.4 is 10.9 Å². The van der Waals surface area contributed by atoms with E-state index >= 15 is 0 Å². The second-order valence-corrected chi connectivity index (χ2v) is 13.9. The van der Waals surface area contributed by atoms with Crippen LogP contribution in [0, 0.1) is 6.92 Å². The number of aromatic nitrogens is 3. The van der Waals surface area contributed by atoms with Gasteiger partial charge in [0.2, 0.25) is 0 Å². The molecule has 54 heavy (non-hydrogen) atoms. The van der Waals surface area contributed by atoms with Crippen LogP contribution in [0.1, 0.15) is 93.1 Å². The number of fused-ring (bicyclic) bond motifs is 1. The predicted octanol–water partition coefficient (Wildman–Crippen LogP) is 6.24. The number of nitrogens with one attached hydrogen (secondary N) is 1. The summed E-state index contributed by atoms with van der Waals surface area (Å²) in [7, 11) is 0. The monoisotopic (exact) mass is 728 g/mol. The van der Waals surface area contributed by atoms with E-state index in [1.807, 2.05) is 66.4 Å². The molecule has 1 atom stereocenters. The number of hydrogen-bond donors (Lipinski definition) is 2. The Morgan fingerprint density at radius 2 is 1.57 bits per heavy atom. The summed E-state index contributed by atoms with van der Waals surface area (Å²) < 4.78 is 3.08. The van der Waals surface area contributed by atoms with Crippen molar-refractivity contribution in [1.29, 1.82) is 0 Å². The number of rotatable bonds is 14. The van der Waals surface area contributed by atoms with Crippen molar-refractivity contribution < 1.29 is 19.5 Å². The van der Waals surface area contributed by atoms with Crippen LogP contribution in [0.4, 0.5) is 5.69 Å². The number of aliphatic hydroxyl groups excluding tert-OH is 1. The minimum atomic E-state index is -0.615. The third-order valence-corrected chi connectivity index (χ3v) is 9.96. The van der Waals surface area contributed by atoms with Crippen molar-refractivity contribution in [3.05, 3.63) is 147 Å². The summed E-state index contributed by atoms with van der Waals surface area (Å²) in [5.41, 5.74) is 4.38. The highest BCUT2D eigenvalue weighted by Crippen LogP contribution is 2.29. The first-order chi connectivity index (χ1) is 26.2. The molecule has 2 N–H and O–H groups in total. The fraction of sp³-hybridized carbons (Fsp3) is 0.326. The average molecular weight is 729 g/mol. The van der Waals surface area contributed by atoms with Crippen LogP contribution in [0.2, 0.25) is 0 Å². The van der Waals surface area contributed by atoms with Crippen molar-refractivity contribution in [2.45, 2.75) is 72.0 Å². The van der Waals surface area contributed by atoms with Crippen LogP contribution in [0.15, 0.2) is 102 Å². The number of aliphatic hydroxyl groups is 1. The Kier molecular flexibility index (Phi) is 12.2. The minimum absolute atomic E-state index is 0.0415. The summed E-state index contributed by atoms with van der Waals surface area (Å²) in [6.07, 6.45) is 5.82. The number of carbonyl (C=O) groups is 3. The van der Waals surface area contributed by atoms with Crippen molar-refractivity contribution in [3.8, 4) is 5.69 Å². The second-order valence-electron chi connectivity index (χ2n) is 13.9. The summed E-state index contributed by atoms with van der Waals surface area (Å²) in [5, 5.41) is 18.0. The zero-order chi connectivity index (χ0) is 38.2. The lowest BCUT2D eigenvalue weighted by molar-refractivity contribution is 0.0544. The molecule has 1 aliphatic rings. The highest BCUT2D eigenvalue weighted by Gasteiger charge is 2.32. The SMILES string of the molecule is CCCCN(CCCC)C(=O)c1cc(C)n(-c2ccc(NC(=O)c3cccn(Cc4ccccc4)c3=O)cc2C(=O)N2Cc3ccccc3C[C@H]2CO)n1. The van der Waals surface area contributed by atoms with Crippen molar-refractivity contribution in [3.63, 3.8) is 0 Å². The lowest BCUT2D eigenvalue weighted by atomic mass is 9.93. The Balaban J connectivity index is 1.36.